The van der Waals surface area contributed by atoms with E-state index in [0.717, 1.165) is 14.3 Å². The molecule has 0 aliphatic carbocycles. The second-order valence-corrected chi connectivity index (χ2v) is 13.4. The molecule has 0 saturated carbocycles. The van der Waals surface area contributed by atoms with Crippen LogP contribution in [0.25, 0.3) is 0 Å². The highest BCUT2D eigenvalue weighted by Crippen LogP contribution is 2.20. The van der Waals surface area contributed by atoms with Crippen LogP contribution in [-0.2, 0) is 42.7 Å². The Morgan fingerprint density at radius 2 is 1.45 bits per heavy atom. The lowest BCUT2D eigenvalue weighted by molar-refractivity contribution is -0.121. The zero-order valence-corrected chi connectivity index (χ0v) is 23.7. The molecule has 1 heterocycles. The Kier molecular flexibility index (Phi) is 9.34. The van der Waals surface area contributed by atoms with E-state index in [9.17, 15) is 21.6 Å². The van der Waals surface area contributed by atoms with E-state index in [4.69, 9.17) is 4.74 Å². The van der Waals surface area contributed by atoms with Crippen LogP contribution in [0.4, 0.5) is 0 Å². The van der Waals surface area contributed by atoms with Gasteiger partial charge in [0.1, 0.15) is 0 Å². The van der Waals surface area contributed by atoms with Crippen LogP contribution >= 0.6 is 15.9 Å². The number of ether oxygens (including phenoxy) is 1. The fraction of sp³-hybridized carbons (Fsp3) is 0.269. The molecule has 0 unspecified atom stereocenters. The minimum absolute atomic E-state index is 0.0199. The van der Waals surface area contributed by atoms with Crippen LogP contribution in [0.15, 0.2) is 93.1 Å². The molecule has 0 bridgehead atoms. The fourth-order valence-electron chi connectivity index (χ4n) is 3.89. The second kappa shape index (κ2) is 12.5. The Hall–Kier alpha value is -2.61. The number of benzene rings is 3. The van der Waals surface area contributed by atoms with Crippen molar-refractivity contribution in [2.75, 3.05) is 32.8 Å². The molecule has 1 aliphatic rings. The van der Waals surface area contributed by atoms with Gasteiger partial charge in [0.05, 0.1) is 29.5 Å². The number of hydrogen-bond donors (Lipinski definition) is 1. The van der Waals surface area contributed by atoms with E-state index in [0.29, 0.717) is 31.9 Å². The van der Waals surface area contributed by atoms with Gasteiger partial charge in [0.25, 0.3) is 0 Å². The first-order chi connectivity index (χ1) is 18.2. The molecule has 1 N–H and O–H groups in total. The van der Waals surface area contributed by atoms with Crippen molar-refractivity contribution in [1.82, 2.24) is 13.9 Å². The Bertz CT molecular complexity index is 1440. The van der Waals surface area contributed by atoms with Gasteiger partial charge in [0, 0.05) is 30.7 Å². The standard InChI is InChI=1S/C26H28BrN3O6S2/c27-23-10-6-22(7-11-23)19-30(38(34,35)24-4-2-1-3-5-24)20-26(31)28-18-21-8-12-25(13-9-21)37(32,33)29-14-16-36-17-15-29/h1-13H,14-20H2,(H,28,31). The van der Waals surface area contributed by atoms with E-state index in [1.54, 1.807) is 42.5 Å². The van der Waals surface area contributed by atoms with Crippen LogP contribution < -0.4 is 5.32 Å². The maximum Gasteiger partial charge on any atom is 0.243 e. The molecule has 1 amide bonds. The molecule has 12 heteroatoms. The number of halogens is 1. The summed E-state index contributed by atoms with van der Waals surface area (Å²) < 4.78 is 60.9. The van der Waals surface area contributed by atoms with Gasteiger partial charge in [-0.1, -0.05) is 58.4 Å². The lowest BCUT2D eigenvalue weighted by atomic mass is 10.2. The minimum atomic E-state index is -3.94. The molecule has 3 aromatic carbocycles. The number of nitrogens with one attached hydrogen (secondary N) is 1. The Labute approximate surface area is 231 Å². The first-order valence-corrected chi connectivity index (χ1v) is 15.6. The quantitative estimate of drug-likeness (QED) is 0.372. The van der Waals surface area contributed by atoms with Crippen LogP contribution in [0.2, 0.25) is 0 Å². The van der Waals surface area contributed by atoms with Crippen molar-refractivity contribution in [2.45, 2.75) is 22.9 Å². The highest BCUT2D eigenvalue weighted by Gasteiger charge is 2.28. The number of hydrogen-bond acceptors (Lipinski definition) is 6. The predicted molar refractivity (Wildman–Crippen MR) is 146 cm³/mol. The van der Waals surface area contributed by atoms with Gasteiger partial charge in [-0.25, -0.2) is 16.8 Å². The molecular weight excluding hydrogens is 594 g/mol. The summed E-state index contributed by atoms with van der Waals surface area (Å²) in [6.07, 6.45) is 0. The number of carbonyl (C=O) groups excluding carboxylic acids is 1. The van der Waals surface area contributed by atoms with Gasteiger partial charge in [-0.2, -0.15) is 8.61 Å². The summed E-state index contributed by atoms with van der Waals surface area (Å²) in [6, 6.07) is 21.5. The fourth-order valence-corrected chi connectivity index (χ4v) is 6.97. The molecule has 4 rings (SSSR count). The van der Waals surface area contributed by atoms with Crippen LogP contribution in [-0.4, -0.2) is 64.2 Å². The second-order valence-electron chi connectivity index (χ2n) is 8.65. The van der Waals surface area contributed by atoms with E-state index < -0.39 is 26.0 Å². The van der Waals surface area contributed by atoms with Gasteiger partial charge < -0.3 is 10.1 Å². The predicted octanol–water partition coefficient (Wildman–Crippen LogP) is 2.98. The number of rotatable bonds is 10. The van der Waals surface area contributed by atoms with Gasteiger partial charge in [0.2, 0.25) is 26.0 Å². The van der Waals surface area contributed by atoms with E-state index in [1.165, 1.54) is 28.6 Å². The third-order valence-corrected chi connectivity index (χ3v) is 10.2. The van der Waals surface area contributed by atoms with E-state index >= 15 is 0 Å². The number of amides is 1. The van der Waals surface area contributed by atoms with Crippen molar-refractivity contribution >= 4 is 41.9 Å². The van der Waals surface area contributed by atoms with E-state index in [2.05, 4.69) is 21.2 Å². The van der Waals surface area contributed by atoms with Crippen molar-refractivity contribution in [3.8, 4) is 0 Å². The molecule has 0 spiro atoms. The summed E-state index contributed by atoms with van der Waals surface area (Å²) in [4.78, 5) is 13.1. The minimum Gasteiger partial charge on any atom is -0.379 e. The highest BCUT2D eigenvalue weighted by molar-refractivity contribution is 9.10. The van der Waals surface area contributed by atoms with Crippen molar-refractivity contribution in [3.63, 3.8) is 0 Å². The van der Waals surface area contributed by atoms with Crippen LogP contribution in [0.1, 0.15) is 11.1 Å². The SMILES string of the molecule is O=C(CN(Cc1ccc(Br)cc1)S(=O)(=O)c1ccccc1)NCc1ccc(S(=O)(=O)N2CCOCC2)cc1. The van der Waals surface area contributed by atoms with Gasteiger partial charge >= 0.3 is 0 Å². The van der Waals surface area contributed by atoms with Gasteiger partial charge in [-0.3, -0.25) is 4.79 Å². The van der Waals surface area contributed by atoms with E-state index in [1.807, 2.05) is 12.1 Å². The summed E-state index contributed by atoms with van der Waals surface area (Å²) in [5, 5.41) is 2.74. The molecule has 3 aromatic rings. The molecule has 38 heavy (non-hydrogen) atoms. The van der Waals surface area contributed by atoms with Gasteiger partial charge in [-0.15, -0.1) is 0 Å². The van der Waals surface area contributed by atoms with Gasteiger partial charge in [0.15, 0.2) is 0 Å². The monoisotopic (exact) mass is 621 g/mol. The highest BCUT2D eigenvalue weighted by atomic mass is 79.9. The third-order valence-electron chi connectivity index (χ3n) is 5.99. The van der Waals surface area contributed by atoms with Crippen LogP contribution in [0.5, 0.6) is 0 Å². The molecule has 0 atom stereocenters. The normalized spacial score (nSPS) is 14.9. The summed E-state index contributed by atoms with van der Waals surface area (Å²) in [7, 11) is -7.55. The van der Waals surface area contributed by atoms with Crippen molar-refractivity contribution in [3.05, 3.63) is 94.5 Å². The molecule has 1 saturated heterocycles. The summed E-state index contributed by atoms with van der Waals surface area (Å²) in [5.74, 6) is -0.480. The molecule has 1 aliphatic heterocycles. The third kappa shape index (κ3) is 7.07. The first-order valence-electron chi connectivity index (χ1n) is 11.9. The largest absolute Gasteiger partial charge is 0.379 e. The Morgan fingerprint density at radius 1 is 0.842 bits per heavy atom. The maximum atomic E-state index is 13.3. The summed E-state index contributed by atoms with van der Waals surface area (Å²) >= 11 is 3.37. The summed E-state index contributed by atoms with van der Waals surface area (Å²) in [5.41, 5.74) is 1.42. The lowest BCUT2D eigenvalue weighted by Gasteiger charge is -2.26. The Morgan fingerprint density at radius 3 is 2.08 bits per heavy atom. The van der Waals surface area contributed by atoms with Crippen molar-refractivity contribution in [2.24, 2.45) is 0 Å². The average Bonchev–Trinajstić information content (AvgIpc) is 2.94. The molecule has 1 fully saturated rings. The zero-order chi connectivity index (χ0) is 27.2. The smallest absolute Gasteiger partial charge is 0.243 e. The van der Waals surface area contributed by atoms with Crippen LogP contribution in [0, 0.1) is 0 Å². The van der Waals surface area contributed by atoms with Crippen molar-refractivity contribution < 1.29 is 26.4 Å². The number of carbonyl (C=O) groups is 1. The first kappa shape index (κ1) is 28.4. The molecular formula is C26H28BrN3O6S2. The number of sulfonamides is 2. The lowest BCUT2D eigenvalue weighted by Crippen LogP contribution is -2.40. The topological polar surface area (TPSA) is 113 Å². The molecule has 9 nitrogen and oxygen atoms in total. The summed E-state index contributed by atoms with van der Waals surface area (Å²) in [6.45, 7) is 1.10. The molecule has 0 aromatic heterocycles. The zero-order valence-electron chi connectivity index (χ0n) is 20.5. The van der Waals surface area contributed by atoms with Crippen molar-refractivity contribution in [1.29, 1.82) is 0 Å². The van der Waals surface area contributed by atoms with Gasteiger partial charge in [-0.05, 0) is 47.5 Å². The molecule has 202 valence electrons. The Balaban J connectivity index is 1.43. The molecule has 0 radical (unpaired) electrons. The number of morpholine rings is 1. The average molecular weight is 623 g/mol. The van der Waals surface area contributed by atoms with Crippen LogP contribution in [0.3, 0.4) is 0 Å². The van der Waals surface area contributed by atoms with E-state index in [-0.39, 0.29) is 29.4 Å². The number of nitrogens with zero attached hydrogens (tertiary/aromatic N) is 2. The maximum absolute atomic E-state index is 13.3.